The van der Waals surface area contributed by atoms with E-state index in [2.05, 4.69) is 0 Å². The maximum atomic E-state index is 13.6. The molecule has 8 heteroatoms. The molecule has 2 aromatic carbocycles. The fourth-order valence-corrected chi connectivity index (χ4v) is 3.54. The lowest BCUT2D eigenvalue weighted by atomic mass is 10.0. The summed E-state index contributed by atoms with van der Waals surface area (Å²) < 4.78 is 40.8. The molecule has 0 aliphatic rings. The number of hydrogen-bond donors (Lipinski definition) is 0. The predicted molar refractivity (Wildman–Crippen MR) is 116 cm³/mol. The first kappa shape index (κ1) is 24.5. The fraction of sp³-hybridized carbons (Fsp3) is 0.391. The second-order valence-corrected chi connectivity index (χ2v) is 7.86. The molecular formula is C23H25ClF3N3O. The van der Waals surface area contributed by atoms with E-state index in [1.54, 1.807) is 49.3 Å². The lowest BCUT2D eigenvalue weighted by Crippen LogP contribution is -2.46. The van der Waals surface area contributed by atoms with Crippen molar-refractivity contribution in [3.05, 3.63) is 64.2 Å². The Morgan fingerprint density at radius 1 is 1.19 bits per heavy atom. The Balaban J connectivity index is 2.64. The van der Waals surface area contributed by atoms with E-state index in [1.807, 2.05) is 6.92 Å². The number of hydrogen-bond acceptors (Lipinski definition) is 3. The third-order valence-corrected chi connectivity index (χ3v) is 5.36. The van der Waals surface area contributed by atoms with Gasteiger partial charge in [0.05, 0.1) is 17.2 Å². The summed E-state index contributed by atoms with van der Waals surface area (Å²) >= 11 is 6.31. The van der Waals surface area contributed by atoms with Gasteiger partial charge in [0.25, 0.3) is 0 Å². The van der Waals surface area contributed by atoms with Crippen LogP contribution in [0.5, 0.6) is 0 Å². The standard InChI is InChI=1S/C23H25ClF3N3O/c1-4-5-10-21(22(31)29(2)3)30(15-17-8-6-7-9-20(17)24)18-12-11-16(14-28)19(13-18)23(25,26)27/h6-9,11-13,21H,4-5,10,15H2,1-3H3/t21-/m0/s1. The molecule has 0 bridgehead atoms. The highest BCUT2D eigenvalue weighted by Gasteiger charge is 2.35. The highest BCUT2D eigenvalue weighted by molar-refractivity contribution is 6.31. The first-order chi connectivity index (χ1) is 14.6. The minimum atomic E-state index is -4.69. The second-order valence-electron chi connectivity index (χ2n) is 7.45. The molecule has 2 aromatic rings. The van der Waals surface area contributed by atoms with E-state index < -0.39 is 23.3 Å². The van der Waals surface area contributed by atoms with Crippen LogP contribution in [-0.4, -0.2) is 30.9 Å². The van der Waals surface area contributed by atoms with Gasteiger partial charge in [-0.2, -0.15) is 18.4 Å². The molecule has 0 radical (unpaired) electrons. The molecule has 0 heterocycles. The van der Waals surface area contributed by atoms with Crippen LogP contribution in [0.3, 0.4) is 0 Å². The van der Waals surface area contributed by atoms with E-state index in [-0.39, 0.29) is 18.1 Å². The van der Waals surface area contributed by atoms with Crippen LogP contribution < -0.4 is 4.90 Å². The monoisotopic (exact) mass is 451 g/mol. The van der Waals surface area contributed by atoms with E-state index in [0.29, 0.717) is 17.0 Å². The van der Waals surface area contributed by atoms with Gasteiger partial charge in [-0.15, -0.1) is 0 Å². The molecule has 0 saturated carbocycles. The average Bonchev–Trinajstić information content (AvgIpc) is 2.73. The van der Waals surface area contributed by atoms with E-state index >= 15 is 0 Å². The van der Waals surface area contributed by atoms with Crippen molar-refractivity contribution in [3.8, 4) is 6.07 Å². The Bertz CT molecular complexity index is 954. The molecule has 0 aliphatic carbocycles. The number of benzene rings is 2. The van der Waals surface area contributed by atoms with Gasteiger partial charge in [0.1, 0.15) is 6.04 Å². The van der Waals surface area contributed by atoms with Crippen LogP contribution in [0.4, 0.5) is 18.9 Å². The normalized spacial score (nSPS) is 12.2. The van der Waals surface area contributed by atoms with Crippen molar-refractivity contribution in [2.45, 2.75) is 44.9 Å². The van der Waals surface area contributed by atoms with E-state index in [1.165, 1.54) is 11.0 Å². The summed E-state index contributed by atoms with van der Waals surface area (Å²) in [6, 6.07) is 11.5. The molecule has 1 amide bonds. The summed E-state index contributed by atoms with van der Waals surface area (Å²) in [6.45, 7) is 2.13. The Labute approximate surface area is 185 Å². The summed E-state index contributed by atoms with van der Waals surface area (Å²) in [5, 5.41) is 9.59. The smallest absolute Gasteiger partial charge is 0.355 e. The molecule has 0 N–H and O–H groups in total. The third kappa shape index (κ3) is 6.14. The molecule has 0 fully saturated rings. The maximum Gasteiger partial charge on any atom is 0.417 e. The van der Waals surface area contributed by atoms with Crippen molar-refractivity contribution >= 4 is 23.2 Å². The highest BCUT2D eigenvalue weighted by Crippen LogP contribution is 2.36. The minimum Gasteiger partial charge on any atom is -0.355 e. The number of nitriles is 1. The SMILES string of the molecule is CCCC[C@@H](C(=O)N(C)C)N(Cc1ccccc1Cl)c1ccc(C#N)c(C(F)(F)F)c1. The van der Waals surface area contributed by atoms with Crippen molar-refractivity contribution in [2.75, 3.05) is 19.0 Å². The fourth-order valence-electron chi connectivity index (χ4n) is 3.34. The maximum absolute atomic E-state index is 13.6. The van der Waals surface area contributed by atoms with Crippen LogP contribution in [0.1, 0.15) is 42.9 Å². The summed E-state index contributed by atoms with van der Waals surface area (Å²) in [7, 11) is 3.24. The van der Waals surface area contributed by atoms with Crippen LogP contribution in [0.25, 0.3) is 0 Å². The molecule has 0 aromatic heterocycles. The highest BCUT2D eigenvalue weighted by atomic mass is 35.5. The number of carbonyl (C=O) groups excluding carboxylic acids is 1. The molecule has 0 spiro atoms. The summed E-state index contributed by atoms with van der Waals surface area (Å²) in [6.07, 6.45) is -2.66. The number of halogens is 4. The average molecular weight is 452 g/mol. The Kier molecular flexibility index (Phi) is 8.35. The largest absolute Gasteiger partial charge is 0.417 e. The molecule has 2 rings (SSSR count). The predicted octanol–water partition coefficient (Wildman–Crippen LogP) is 5.88. The third-order valence-electron chi connectivity index (χ3n) is 4.99. The second kappa shape index (κ2) is 10.5. The lowest BCUT2D eigenvalue weighted by Gasteiger charge is -2.35. The summed E-state index contributed by atoms with van der Waals surface area (Å²) in [5.41, 5.74) is -0.584. The molecule has 0 unspecified atom stereocenters. The summed E-state index contributed by atoms with van der Waals surface area (Å²) in [5.74, 6) is -0.210. The van der Waals surface area contributed by atoms with Gasteiger partial charge in [-0.05, 0) is 36.2 Å². The molecule has 4 nitrogen and oxygen atoms in total. The van der Waals surface area contributed by atoms with Gasteiger partial charge in [-0.25, -0.2) is 0 Å². The first-order valence-electron chi connectivity index (χ1n) is 9.92. The van der Waals surface area contributed by atoms with E-state index in [4.69, 9.17) is 16.9 Å². The zero-order valence-electron chi connectivity index (χ0n) is 17.7. The van der Waals surface area contributed by atoms with Gasteiger partial charge < -0.3 is 9.80 Å². The molecule has 0 saturated heterocycles. The number of amides is 1. The number of unbranched alkanes of at least 4 members (excludes halogenated alkanes) is 1. The molecular weight excluding hydrogens is 427 g/mol. The van der Waals surface area contributed by atoms with Gasteiger partial charge in [0.2, 0.25) is 5.91 Å². The molecule has 166 valence electrons. The van der Waals surface area contributed by atoms with Crippen molar-refractivity contribution in [1.29, 1.82) is 5.26 Å². The topological polar surface area (TPSA) is 47.3 Å². The van der Waals surface area contributed by atoms with Crippen LogP contribution >= 0.6 is 11.6 Å². The first-order valence-corrected chi connectivity index (χ1v) is 10.3. The number of alkyl halides is 3. The number of anilines is 1. The quantitative estimate of drug-likeness (QED) is 0.503. The zero-order valence-corrected chi connectivity index (χ0v) is 18.5. The van der Waals surface area contributed by atoms with Crippen molar-refractivity contribution in [1.82, 2.24) is 4.90 Å². The van der Waals surface area contributed by atoms with Gasteiger partial charge in [-0.1, -0.05) is 49.6 Å². The van der Waals surface area contributed by atoms with Gasteiger partial charge in [-0.3, -0.25) is 4.79 Å². The van der Waals surface area contributed by atoms with Crippen molar-refractivity contribution in [3.63, 3.8) is 0 Å². The van der Waals surface area contributed by atoms with Gasteiger partial charge >= 0.3 is 6.18 Å². The molecule has 31 heavy (non-hydrogen) atoms. The number of nitrogens with zero attached hydrogens (tertiary/aromatic N) is 3. The van der Waals surface area contributed by atoms with Crippen molar-refractivity contribution in [2.24, 2.45) is 0 Å². The number of rotatable bonds is 8. The van der Waals surface area contributed by atoms with Crippen LogP contribution in [0, 0.1) is 11.3 Å². The van der Waals surface area contributed by atoms with Gasteiger partial charge in [0.15, 0.2) is 0 Å². The zero-order chi connectivity index (χ0) is 23.2. The van der Waals surface area contributed by atoms with Crippen molar-refractivity contribution < 1.29 is 18.0 Å². The van der Waals surface area contributed by atoms with Gasteiger partial charge in [0, 0.05) is 31.4 Å². The van der Waals surface area contributed by atoms with E-state index in [9.17, 15) is 18.0 Å². The number of carbonyl (C=O) groups is 1. The minimum absolute atomic E-state index is 0.150. The Hall–Kier alpha value is -2.72. The van der Waals surface area contributed by atoms with Crippen LogP contribution in [0.2, 0.25) is 5.02 Å². The van der Waals surface area contributed by atoms with Crippen LogP contribution in [-0.2, 0) is 17.5 Å². The van der Waals surface area contributed by atoms with E-state index in [0.717, 1.165) is 25.0 Å². The van der Waals surface area contributed by atoms with Crippen LogP contribution in [0.15, 0.2) is 42.5 Å². The Morgan fingerprint density at radius 2 is 1.87 bits per heavy atom. The molecule has 0 aliphatic heterocycles. The molecule has 1 atom stereocenters. The number of likely N-dealkylation sites (N-methyl/N-ethyl adjacent to an activating group) is 1. The Morgan fingerprint density at radius 3 is 2.42 bits per heavy atom. The summed E-state index contributed by atoms with van der Waals surface area (Å²) in [4.78, 5) is 16.1. The lowest BCUT2D eigenvalue weighted by molar-refractivity contribution is -0.137.